The van der Waals surface area contributed by atoms with Gasteiger partial charge in [0.15, 0.2) is 11.6 Å². The first-order valence-corrected chi connectivity index (χ1v) is 9.56. The molecule has 5 nitrogen and oxygen atoms in total. The normalized spacial score (nSPS) is 15.6. The molecule has 1 aromatic carbocycles. The molecule has 0 unspecified atom stereocenters. The van der Waals surface area contributed by atoms with Crippen LogP contribution in [0.5, 0.6) is 5.75 Å². The van der Waals surface area contributed by atoms with Crippen LogP contribution in [-0.2, 0) is 0 Å². The van der Waals surface area contributed by atoms with E-state index in [2.05, 4.69) is 20.8 Å². The molecule has 3 rings (SSSR count). The fourth-order valence-electron chi connectivity index (χ4n) is 2.96. The highest BCUT2D eigenvalue weighted by atomic mass is 19.3. The molecule has 1 aliphatic carbocycles. The number of rotatable bonds is 5. The van der Waals surface area contributed by atoms with Gasteiger partial charge in [-0.25, -0.2) is 13.2 Å². The number of aromatic nitrogens is 1. The van der Waals surface area contributed by atoms with Crippen LogP contribution < -0.4 is 15.8 Å². The topological polar surface area (TPSA) is 77.2 Å². The van der Waals surface area contributed by atoms with Crippen LogP contribution in [0.2, 0.25) is 0 Å². The summed E-state index contributed by atoms with van der Waals surface area (Å²) in [7, 11) is 0. The molecular weight excluding hydrogens is 409 g/mol. The van der Waals surface area contributed by atoms with Crippen LogP contribution >= 0.6 is 0 Å². The first kappa shape index (κ1) is 23.8. The lowest BCUT2D eigenvalue weighted by molar-refractivity contribution is -0.0520. The number of carbonyl (C=O) groups excluding carboxylic acids is 1. The van der Waals surface area contributed by atoms with Gasteiger partial charge in [0.25, 0.3) is 12.3 Å². The van der Waals surface area contributed by atoms with Gasteiger partial charge in [-0.1, -0.05) is 19.3 Å². The summed E-state index contributed by atoms with van der Waals surface area (Å²) in [6.07, 6.45) is 4.27. The molecule has 10 heteroatoms. The van der Waals surface area contributed by atoms with Gasteiger partial charge in [0.2, 0.25) is 0 Å². The van der Waals surface area contributed by atoms with Crippen molar-refractivity contribution >= 4 is 16.8 Å². The second-order valence-corrected chi connectivity index (χ2v) is 7.08. The van der Waals surface area contributed by atoms with E-state index in [9.17, 15) is 26.7 Å². The number of ether oxygens (including phenoxy) is 1. The number of nitrogens with one attached hydrogen (secondary N) is 1. The maximum absolute atomic E-state index is 13.8. The molecule has 1 atom stereocenters. The molecule has 1 aliphatic rings. The zero-order chi connectivity index (χ0) is 22.3. The third-order valence-electron chi connectivity index (χ3n) is 4.55. The molecule has 1 aromatic heterocycles. The van der Waals surface area contributed by atoms with Crippen molar-refractivity contribution in [3.63, 3.8) is 0 Å². The number of amides is 1. The molecule has 1 amide bonds. The summed E-state index contributed by atoms with van der Waals surface area (Å²) in [6, 6.07) is 2.80. The maximum atomic E-state index is 13.8. The largest absolute Gasteiger partial charge is 0.432 e. The van der Waals surface area contributed by atoms with Gasteiger partial charge in [-0.05, 0) is 31.9 Å². The van der Waals surface area contributed by atoms with E-state index in [1.807, 2.05) is 0 Å². The van der Waals surface area contributed by atoms with E-state index in [1.54, 1.807) is 0 Å². The Hall–Kier alpha value is -2.49. The fraction of sp³-hybridized carbons (Fsp3) is 0.500. The van der Waals surface area contributed by atoms with E-state index in [0.717, 1.165) is 37.8 Å². The maximum Gasteiger partial charge on any atom is 0.387 e. The summed E-state index contributed by atoms with van der Waals surface area (Å²) in [5.74, 6) is -1.75. The summed E-state index contributed by atoms with van der Waals surface area (Å²) < 4.78 is 64.4. The lowest BCUT2D eigenvalue weighted by Crippen LogP contribution is -2.36. The van der Waals surface area contributed by atoms with Crippen molar-refractivity contribution < 1.29 is 31.5 Å². The zero-order valence-electron chi connectivity index (χ0n) is 16.4. The lowest BCUT2D eigenvalue weighted by atomic mass is 9.95. The molecule has 30 heavy (non-hydrogen) atoms. The number of benzene rings is 1. The predicted molar refractivity (Wildman–Crippen MR) is 102 cm³/mol. The van der Waals surface area contributed by atoms with E-state index in [4.69, 9.17) is 0 Å². The Morgan fingerprint density at radius 2 is 1.80 bits per heavy atom. The first-order chi connectivity index (χ1) is 14.2. The van der Waals surface area contributed by atoms with E-state index in [-0.39, 0.29) is 17.5 Å². The van der Waals surface area contributed by atoms with Crippen LogP contribution in [0, 0.1) is 5.82 Å². The number of fused-ring (bicyclic) bond motifs is 1. The Balaban J connectivity index is 0.000000469. The van der Waals surface area contributed by atoms with Crippen LogP contribution in [0.1, 0.15) is 49.4 Å². The quantitative estimate of drug-likeness (QED) is 0.674. The number of halogens is 5. The highest BCUT2D eigenvalue weighted by molar-refractivity contribution is 5.97. The molecule has 2 aromatic rings. The fourth-order valence-corrected chi connectivity index (χ4v) is 2.96. The number of nitrogens with zero attached hydrogens (tertiary/aromatic N) is 1. The van der Waals surface area contributed by atoms with Gasteiger partial charge in [0, 0.05) is 23.7 Å². The third-order valence-corrected chi connectivity index (χ3v) is 4.55. The monoisotopic (exact) mass is 433 g/mol. The summed E-state index contributed by atoms with van der Waals surface area (Å²) in [5.41, 5.74) is 5.28. The molecule has 0 saturated heterocycles. The second-order valence-electron chi connectivity index (χ2n) is 7.08. The summed E-state index contributed by atoms with van der Waals surface area (Å²) in [6.45, 7) is -1.84. The molecule has 3 N–H and O–H groups in total. The summed E-state index contributed by atoms with van der Waals surface area (Å²) in [4.78, 5) is 16.3. The van der Waals surface area contributed by atoms with Crippen molar-refractivity contribution in [3.05, 3.63) is 35.8 Å². The van der Waals surface area contributed by atoms with Gasteiger partial charge in [-0.3, -0.25) is 9.78 Å². The van der Waals surface area contributed by atoms with Crippen molar-refractivity contribution in [1.29, 1.82) is 0 Å². The number of hydrogen-bond acceptors (Lipinski definition) is 4. The van der Waals surface area contributed by atoms with Crippen molar-refractivity contribution in [1.82, 2.24) is 10.3 Å². The van der Waals surface area contributed by atoms with Gasteiger partial charge >= 0.3 is 6.61 Å². The minimum Gasteiger partial charge on any atom is -0.432 e. The van der Waals surface area contributed by atoms with Crippen LogP contribution in [0.3, 0.4) is 0 Å². The number of hydrogen-bond donors (Lipinski definition) is 2. The average molecular weight is 433 g/mol. The van der Waals surface area contributed by atoms with E-state index in [1.165, 1.54) is 25.6 Å². The van der Waals surface area contributed by atoms with Crippen LogP contribution in [0.25, 0.3) is 10.9 Å². The smallest absolute Gasteiger partial charge is 0.387 e. The minimum atomic E-state index is -3.11. The number of pyridine rings is 1. The molecule has 1 fully saturated rings. The molecule has 0 spiro atoms. The van der Waals surface area contributed by atoms with Crippen LogP contribution in [-0.4, -0.2) is 36.0 Å². The van der Waals surface area contributed by atoms with Gasteiger partial charge in [-0.15, -0.1) is 0 Å². The Kier molecular flexibility index (Phi) is 8.76. The third kappa shape index (κ3) is 7.08. The highest BCUT2D eigenvalue weighted by Gasteiger charge is 2.18. The van der Waals surface area contributed by atoms with Crippen molar-refractivity contribution in [2.75, 3.05) is 0 Å². The van der Waals surface area contributed by atoms with Gasteiger partial charge in [0.05, 0.1) is 17.1 Å². The molecule has 0 bridgehead atoms. The Labute approximate surface area is 170 Å². The van der Waals surface area contributed by atoms with E-state index in [0.29, 0.717) is 10.9 Å². The van der Waals surface area contributed by atoms with Crippen LogP contribution in [0.15, 0.2) is 24.4 Å². The van der Waals surface area contributed by atoms with E-state index >= 15 is 0 Å². The van der Waals surface area contributed by atoms with Crippen molar-refractivity contribution in [2.45, 2.75) is 64.1 Å². The molecule has 1 heterocycles. The molecular formula is C20H24F5N3O2. The summed E-state index contributed by atoms with van der Waals surface area (Å²) >= 11 is 0. The first-order valence-electron chi connectivity index (χ1n) is 9.56. The number of nitrogens with two attached hydrogens (primary N) is 1. The predicted octanol–water partition coefficient (Wildman–Crippen LogP) is 4.64. The van der Waals surface area contributed by atoms with Crippen molar-refractivity contribution in [2.24, 2.45) is 5.73 Å². The van der Waals surface area contributed by atoms with Gasteiger partial charge in [-0.2, -0.15) is 8.78 Å². The lowest BCUT2D eigenvalue weighted by Gasteiger charge is -2.22. The number of alkyl halides is 4. The van der Waals surface area contributed by atoms with Crippen molar-refractivity contribution in [3.8, 4) is 5.75 Å². The molecule has 0 radical (unpaired) electrons. The standard InChI is InChI=1S/C17H17F3N2O2.C3H7F2N/c18-13-7-10-6-11(16(23)22-12-4-2-1-3-5-12)9-21-14(10)8-15(13)24-17(19)20;1-2(6)3(4)5/h6-9,12,17H,1-5H2,(H,22,23);2-3H,6H2,1H3/t;2-/m.1/s1. The molecule has 1 saturated carbocycles. The van der Waals surface area contributed by atoms with E-state index < -0.39 is 30.6 Å². The second kappa shape index (κ2) is 11.1. The highest BCUT2D eigenvalue weighted by Crippen LogP contribution is 2.26. The van der Waals surface area contributed by atoms with Crippen LogP contribution in [0.4, 0.5) is 22.0 Å². The molecule has 166 valence electrons. The Bertz CT molecular complexity index is 837. The van der Waals surface area contributed by atoms with Gasteiger partial charge in [0.1, 0.15) is 0 Å². The Morgan fingerprint density at radius 3 is 2.37 bits per heavy atom. The zero-order valence-corrected chi connectivity index (χ0v) is 16.4. The minimum absolute atomic E-state index is 0.153. The molecule has 0 aliphatic heterocycles. The Morgan fingerprint density at radius 1 is 1.17 bits per heavy atom. The SMILES string of the molecule is C[C@@H](N)C(F)F.O=C(NC1CCCCC1)c1cnc2cc(OC(F)F)c(F)cc2c1. The van der Waals surface area contributed by atoms with Gasteiger partial charge < -0.3 is 15.8 Å². The average Bonchev–Trinajstić information content (AvgIpc) is 2.69. The number of carbonyl (C=O) groups is 1. The summed E-state index contributed by atoms with van der Waals surface area (Å²) in [5, 5.41) is 3.31.